The molecule has 5 aliphatic heterocycles. The van der Waals surface area contributed by atoms with E-state index >= 15 is 0 Å². The van der Waals surface area contributed by atoms with Gasteiger partial charge < -0.3 is 109 Å². The topological polar surface area (TPSA) is 346 Å². The van der Waals surface area contributed by atoms with Gasteiger partial charge in [-0.05, 0) is 111 Å². The Labute approximate surface area is 419 Å². The maximum absolute atomic E-state index is 12.0. The molecule has 72 heavy (non-hydrogen) atoms. The lowest BCUT2D eigenvalue weighted by atomic mass is 9.44. The fourth-order valence-electron chi connectivity index (χ4n) is 14.9. The third-order valence-corrected chi connectivity index (χ3v) is 19.1. The first kappa shape index (κ1) is 55.5. The molecule has 0 aromatic heterocycles. The van der Waals surface area contributed by atoms with Gasteiger partial charge in [-0.1, -0.05) is 20.8 Å². The molecule has 22 heteroatoms. The summed E-state index contributed by atoms with van der Waals surface area (Å²) in [5, 5.41) is 136. The van der Waals surface area contributed by atoms with Crippen LogP contribution in [0.4, 0.5) is 0 Å². The Balaban J connectivity index is 0.834. The molecule has 5 heterocycles. The van der Waals surface area contributed by atoms with Crippen molar-refractivity contribution in [3.8, 4) is 0 Å². The van der Waals surface area contributed by atoms with Gasteiger partial charge in [-0.3, -0.25) is 0 Å². The van der Waals surface area contributed by atoms with E-state index in [9.17, 15) is 66.4 Å². The van der Waals surface area contributed by atoms with E-state index < -0.39 is 143 Å². The molecule has 22 nitrogen and oxygen atoms in total. The maximum Gasteiger partial charge on any atom is 0.187 e. The molecule has 29 atom stereocenters. The van der Waals surface area contributed by atoms with Crippen LogP contribution in [0.2, 0.25) is 0 Å². The molecule has 4 saturated heterocycles. The van der Waals surface area contributed by atoms with Gasteiger partial charge in [-0.15, -0.1) is 0 Å². The fraction of sp³-hybridized carbons (Fsp3) is 0.960. The third kappa shape index (κ3) is 10.1. The third-order valence-electron chi connectivity index (χ3n) is 19.1. The van der Waals surface area contributed by atoms with Crippen LogP contribution in [0, 0.1) is 46.3 Å². The molecule has 9 rings (SSSR count). The molecule has 4 saturated carbocycles. The molecule has 9 aliphatic rings. The SMILES string of the molecule is CC1=C(CC[C@H](C)CO[C@@H]2O[C@H](CO)[C@@H](O)[C@H](O)[C@H]2O)O[C@H]2C[C@H]3[C@@H]4CC[C@@H]5C[C@@H](O[C@@H]6O[C@H](CO)[C@@H](O[C@@H]7OC[C@@H](O)[C@H](O)[C@H]7O)[C@H](O)[C@H]6O[C@@H]6O[C@H](CO)[C@@H](O)[C@H](O)[C@H]6O)CC[C@]5(C)[C@H]4CC[C@]3(C)[C@@H]12. The molecule has 0 bridgehead atoms. The second-order valence-electron chi connectivity index (χ2n) is 23.2. The number of ether oxygens (including phenoxy) is 9. The lowest BCUT2D eigenvalue weighted by Crippen LogP contribution is -2.66. The molecular weight excluding hydrogens is 953 g/mol. The zero-order valence-electron chi connectivity index (χ0n) is 41.7. The Hall–Kier alpha value is -1.30. The largest absolute Gasteiger partial charge is 0.494 e. The monoisotopic (exact) mass is 1030 g/mol. The van der Waals surface area contributed by atoms with Crippen molar-refractivity contribution >= 4 is 0 Å². The zero-order chi connectivity index (χ0) is 51.7. The summed E-state index contributed by atoms with van der Waals surface area (Å²) >= 11 is 0. The van der Waals surface area contributed by atoms with Crippen molar-refractivity contribution in [3.63, 3.8) is 0 Å². The van der Waals surface area contributed by atoms with E-state index in [2.05, 4.69) is 20.8 Å². The number of hydrogen-bond acceptors (Lipinski definition) is 22. The second-order valence-corrected chi connectivity index (χ2v) is 23.2. The molecule has 0 radical (unpaired) electrons. The normalized spacial score (nSPS) is 53.0. The Morgan fingerprint density at radius 3 is 1.89 bits per heavy atom. The number of rotatable bonds is 15. The van der Waals surface area contributed by atoms with E-state index in [0.29, 0.717) is 42.4 Å². The first-order valence-corrected chi connectivity index (χ1v) is 26.4. The molecule has 13 N–H and O–H groups in total. The first-order valence-electron chi connectivity index (χ1n) is 26.4. The minimum atomic E-state index is -1.83. The van der Waals surface area contributed by atoms with E-state index in [0.717, 1.165) is 57.1 Å². The van der Waals surface area contributed by atoms with E-state index in [1.54, 1.807) is 0 Å². The predicted octanol–water partition coefficient (Wildman–Crippen LogP) is -2.37. The maximum atomic E-state index is 12.0. The standard InChI is InChI=1S/C50H82O22/c1-20(18-64-45-40(61)37(58)35(56)30(15-51)68-45)5-8-28-21(2)33-29(67-28)14-26-24-7-6-22-13-23(9-11-49(22,3)25(24)10-12-50(26,33)4)66-48-44(72-47-41(62)38(59)36(57)31(16-52)69-47)42(63)43(32(17-53)70-48)71-46-39(60)34(55)27(54)19-65-46/h20,22-27,29-48,51-63H,5-19H2,1-4H3/t20-,22+,23-,24+,25-,26-,27+,29-,30+,31+,32+,33-,34-,35+,36+,37-,38-,39+,40+,41+,42-,43+,44+,45+,46-,47-,48+,49-,50-/m0/s1. The lowest BCUT2D eigenvalue weighted by molar-refractivity contribution is -0.388. The Bertz CT molecular complexity index is 1840. The van der Waals surface area contributed by atoms with Crippen molar-refractivity contribution in [1.82, 2.24) is 0 Å². The van der Waals surface area contributed by atoms with E-state index in [-0.39, 0.29) is 35.6 Å². The summed E-state index contributed by atoms with van der Waals surface area (Å²) in [6, 6.07) is 0. The van der Waals surface area contributed by atoms with Gasteiger partial charge >= 0.3 is 0 Å². The van der Waals surface area contributed by atoms with Gasteiger partial charge in [0.1, 0.15) is 97.7 Å². The summed E-state index contributed by atoms with van der Waals surface area (Å²) in [6.45, 7) is 7.09. The van der Waals surface area contributed by atoms with Crippen LogP contribution in [0.15, 0.2) is 11.3 Å². The summed E-state index contributed by atoms with van der Waals surface area (Å²) in [4.78, 5) is 0. The fourth-order valence-corrected chi connectivity index (χ4v) is 14.9. The smallest absolute Gasteiger partial charge is 0.187 e. The van der Waals surface area contributed by atoms with Crippen molar-refractivity contribution in [2.24, 2.45) is 46.3 Å². The van der Waals surface area contributed by atoms with Crippen LogP contribution < -0.4 is 0 Å². The van der Waals surface area contributed by atoms with Crippen LogP contribution in [-0.2, 0) is 42.6 Å². The average Bonchev–Trinajstić information content (AvgIpc) is 3.85. The molecule has 414 valence electrons. The highest BCUT2D eigenvalue weighted by molar-refractivity contribution is 5.27. The van der Waals surface area contributed by atoms with E-state index in [4.69, 9.17) is 42.6 Å². The van der Waals surface area contributed by atoms with E-state index in [1.807, 2.05) is 6.92 Å². The van der Waals surface area contributed by atoms with Crippen molar-refractivity contribution in [3.05, 3.63) is 11.3 Å². The van der Waals surface area contributed by atoms with Gasteiger partial charge in [0.15, 0.2) is 25.2 Å². The Kier molecular flexibility index (Phi) is 17.1. The van der Waals surface area contributed by atoms with Crippen molar-refractivity contribution in [2.75, 3.05) is 33.0 Å². The van der Waals surface area contributed by atoms with Gasteiger partial charge in [-0.2, -0.15) is 0 Å². The first-order chi connectivity index (χ1) is 34.2. The summed E-state index contributed by atoms with van der Waals surface area (Å²) in [7, 11) is 0. The summed E-state index contributed by atoms with van der Waals surface area (Å²) in [6.07, 6.45) is -20.0. The number of fused-ring (bicyclic) bond motifs is 7. The quantitative estimate of drug-likeness (QED) is 0.0763. The predicted molar refractivity (Wildman–Crippen MR) is 244 cm³/mol. The summed E-state index contributed by atoms with van der Waals surface area (Å²) < 4.78 is 54.3. The van der Waals surface area contributed by atoms with Crippen molar-refractivity contribution < 1.29 is 109 Å². The van der Waals surface area contributed by atoms with Crippen LogP contribution in [-0.4, -0.2) is 228 Å². The van der Waals surface area contributed by atoms with E-state index in [1.165, 1.54) is 5.57 Å². The van der Waals surface area contributed by atoms with Gasteiger partial charge in [-0.25, -0.2) is 0 Å². The highest BCUT2D eigenvalue weighted by Gasteiger charge is 2.65. The molecule has 0 unspecified atom stereocenters. The summed E-state index contributed by atoms with van der Waals surface area (Å²) in [5.74, 6) is 3.25. The summed E-state index contributed by atoms with van der Waals surface area (Å²) in [5.41, 5.74) is 1.44. The van der Waals surface area contributed by atoms with Crippen LogP contribution >= 0.6 is 0 Å². The van der Waals surface area contributed by atoms with Gasteiger partial charge in [0, 0.05) is 12.3 Å². The number of allylic oxidation sites excluding steroid dienone is 1. The van der Waals surface area contributed by atoms with Crippen LogP contribution in [0.25, 0.3) is 0 Å². The number of aliphatic hydroxyl groups excluding tert-OH is 13. The minimum absolute atomic E-state index is 0.0250. The molecule has 0 aromatic rings. The van der Waals surface area contributed by atoms with Crippen molar-refractivity contribution in [2.45, 2.75) is 221 Å². The lowest BCUT2D eigenvalue weighted by Gasteiger charge is -2.61. The van der Waals surface area contributed by atoms with Crippen LogP contribution in [0.5, 0.6) is 0 Å². The highest BCUT2D eigenvalue weighted by atomic mass is 16.8. The second kappa shape index (κ2) is 22.2. The molecule has 4 aliphatic carbocycles. The van der Waals surface area contributed by atoms with Gasteiger partial charge in [0.25, 0.3) is 0 Å². The molecule has 0 spiro atoms. The van der Waals surface area contributed by atoms with Crippen LogP contribution in [0.3, 0.4) is 0 Å². The number of hydrogen-bond donors (Lipinski definition) is 13. The highest BCUT2D eigenvalue weighted by Crippen LogP contribution is 2.70. The zero-order valence-corrected chi connectivity index (χ0v) is 41.7. The average molecular weight is 1040 g/mol. The molecule has 0 amide bonds. The minimum Gasteiger partial charge on any atom is -0.494 e. The molecule has 8 fully saturated rings. The molecular formula is C50H82O22. The van der Waals surface area contributed by atoms with Crippen LogP contribution in [0.1, 0.15) is 91.9 Å². The molecule has 0 aromatic carbocycles. The van der Waals surface area contributed by atoms with Gasteiger partial charge in [0.2, 0.25) is 0 Å². The van der Waals surface area contributed by atoms with Gasteiger partial charge in [0.05, 0.1) is 44.9 Å². The Morgan fingerprint density at radius 1 is 0.597 bits per heavy atom. The Morgan fingerprint density at radius 2 is 1.21 bits per heavy atom. The van der Waals surface area contributed by atoms with Crippen molar-refractivity contribution in [1.29, 1.82) is 0 Å². The number of aliphatic hydroxyl groups is 13.